The Kier molecular flexibility index (Phi) is 5.61. The summed E-state index contributed by atoms with van der Waals surface area (Å²) in [6.07, 6.45) is 3.26. The molecule has 3 heterocycles. The number of aromatic nitrogens is 2. The third-order valence-electron chi connectivity index (χ3n) is 6.27. The van der Waals surface area contributed by atoms with Crippen molar-refractivity contribution in [3.05, 3.63) is 63.8 Å². The van der Waals surface area contributed by atoms with Gasteiger partial charge >= 0.3 is 0 Å². The first kappa shape index (κ1) is 21.3. The average molecular weight is 471 g/mol. The van der Waals surface area contributed by atoms with Crippen molar-refractivity contribution in [1.82, 2.24) is 20.2 Å². The molecule has 0 aliphatic carbocycles. The number of halogens is 2. The summed E-state index contributed by atoms with van der Waals surface area (Å²) in [6.45, 7) is 4.53. The first-order valence-electron chi connectivity index (χ1n) is 10.8. The molecule has 0 bridgehead atoms. The Balaban J connectivity index is 1.62. The van der Waals surface area contributed by atoms with Gasteiger partial charge < -0.3 is 4.74 Å². The molecule has 3 aromatic rings. The Labute approximate surface area is 197 Å². The number of ether oxygens (including phenoxy) is 1. The summed E-state index contributed by atoms with van der Waals surface area (Å²) in [6, 6.07) is 13.5. The molecule has 166 valence electrons. The van der Waals surface area contributed by atoms with Crippen molar-refractivity contribution in [1.29, 1.82) is 0 Å². The van der Waals surface area contributed by atoms with Crippen LogP contribution in [0.25, 0.3) is 16.9 Å². The molecule has 0 saturated carbocycles. The summed E-state index contributed by atoms with van der Waals surface area (Å²) in [5, 5.41) is 7.78. The number of hydrogen-bond donors (Lipinski definition) is 1. The topological polar surface area (TPSA) is 59.4 Å². The molecule has 5 rings (SSSR count). The van der Waals surface area contributed by atoms with Gasteiger partial charge in [-0.1, -0.05) is 41.8 Å². The highest BCUT2D eigenvalue weighted by molar-refractivity contribution is 6.35. The van der Waals surface area contributed by atoms with E-state index in [1.807, 2.05) is 35.3 Å². The lowest BCUT2D eigenvalue weighted by molar-refractivity contribution is 0.0364. The van der Waals surface area contributed by atoms with E-state index in [2.05, 4.69) is 19.3 Å². The van der Waals surface area contributed by atoms with Gasteiger partial charge in [0.25, 0.3) is 5.91 Å². The van der Waals surface area contributed by atoms with Crippen molar-refractivity contribution < 1.29 is 9.53 Å². The second-order valence-electron chi connectivity index (χ2n) is 8.45. The molecule has 0 spiro atoms. The van der Waals surface area contributed by atoms with Crippen LogP contribution in [0.3, 0.4) is 0 Å². The lowest BCUT2D eigenvalue weighted by atomic mass is 9.99. The van der Waals surface area contributed by atoms with E-state index >= 15 is 0 Å². The number of nitrogens with zero attached hydrogens (tertiary/aromatic N) is 3. The first-order valence-corrected chi connectivity index (χ1v) is 11.6. The SMILES string of the molecule is CC1CCCC(C)N1NC(=O)c1nn(-c2ccc(Cl)cc2Cl)c2c1COc1ccccc1-2. The Morgan fingerprint density at radius 3 is 2.62 bits per heavy atom. The molecule has 2 unspecified atom stereocenters. The number of carbonyl (C=O) groups is 1. The van der Waals surface area contributed by atoms with E-state index < -0.39 is 0 Å². The van der Waals surface area contributed by atoms with Crippen LogP contribution in [0, 0.1) is 0 Å². The summed E-state index contributed by atoms with van der Waals surface area (Å²) >= 11 is 12.6. The van der Waals surface area contributed by atoms with E-state index in [0.717, 1.165) is 35.4 Å². The number of rotatable bonds is 3. The van der Waals surface area contributed by atoms with Crippen LogP contribution in [-0.4, -0.2) is 32.8 Å². The van der Waals surface area contributed by atoms with Crippen LogP contribution in [0.15, 0.2) is 42.5 Å². The van der Waals surface area contributed by atoms with Crippen LogP contribution in [0.4, 0.5) is 0 Å². The predicted octanol–water partition coefficient (Wildman–Crippen LogP) is 5.65. The normalized spacial score (nSPS) is 20.2. The lowest BCUT2D eigenvalue weighted by Gasteiger charge is -2.38. The van der Waals surface area contributed by atoms with E-state index in [-0.39, 0.29) is 24.6 Å². The second kappa shape index (κ2) is 8.43. The summed E-state index contributed by atoms with van der Waals surface area (Å²) in [5.74, 6) is 0.505. The van der Waals surface area contributed by atoms with E-state index in [1.54, 1.807) is 16.8 Å². The number of carbonyl (C=O) groups excluding carboxylic acids is 1. The van der Waals surface area contributed by atoms with Gasteiger partial charge in [0.15, 0.2) is 5.69 Å². The number of benzene rings is 2. The minimum absolute atomic E-state index is 0.242. The van der Waals surface area contributed by atoms with Gasteiger partial charge in [-0.05, 0) is 57.0 Å². The molecular weight excluding hydrogens is 447 g/mol. The molecule has 1 fully saturated rings. The molecule has 2 aliphatic heterocycles. The molecule has 8 heteroatoms. The molecule has 2 aromatic carbocycles. The first-order chi connectivity index (χ1) is 15.4. The fourth-order valence-electron chi connectivity index (χ4n) is 4.62. The number of para-hydroxylation sites is 1. The minimum atomic E-state index is -0.242. The van der Waals surface area contributed by atoms with E-state index in [0.29, 0.717) is 21.4 Å². The third kappa shape index (κ3) is 3.66. The van der Waals surface area contributed by atoms with Crippen molar-refractivity contribution in [2.75, 3.05) is 0 Å². The quantitative estimate of drug-likeness (QED) is 0.537. The maximum absolute atomic E-state index is 13.4. The lowest BCUT2D eigenvalue weighted by Crippen LogP contribution is -2.54. The molecule has 6 nitrogen and oxygen atoms in total. The van der Waals surface area contributed by atoms with E-state index in [9.17, 15) is 4.79 Å². The number of hydrazine groups is 1. The third-order valence-corrected chi connectivity index (χ3v) is 6.81. The fourth-order valence-corrected chi connectivity index (χ4v) is 5.11. The Morgan fingerprint density at radius 2 is 1.88 bits per heavy atom. The van der Waals surface area contributed by atoms with Crippen LogP contribution in [-0.2, 0) is 6.61 Å². The van der Waals surface area contributed by atoms with Crippen molar-refractivity contribution in [3.8, 4) is 22.7 Å². The highest BCUT2D eigenvalue weighted by Crippen LogP contribution is 2.41. The smallest absolute Gasteiger partial charge is 0.286 e. The van der Waals surface area contributed by atoms with Gasteiger partial charge in [0.2, 0.25) is 0 Å². The molecule has 2 atom stereocenters. The number of piperidine rings is 1. The van der Waals surface area contributed by atoms with Crippen LogP contribution in [0.5, 0.6) is 5.75 Å². The van der Waals surface area contributed by atoms with Gasteiger partial charge in [-0.25, -0.2) is 9.69 Å². The molecule has 0 radical (unpaired) electrons. The monoisotopic (exact) mass is 470 g/mol. The predicted molar refractivity (Wildman–Crippen MR) is 125 cm³/mol. The van der Waals surface area contributed by atoms with Gasteiger partial charge in [-0.2, -0.15) is 5.10 Å². The zero-order chi connectivity index (χ0) is 22.4. The summed E-state index contributed by atoms with van der Waals surface area (Å²) in [4.78, 5) is 13.4. The highest BCUT2D eigenvalue weighted by Gasteiger charge is 2.33. The van der Waals surface area contributed by atoms with Crippen LogP contribution in [0.1, 0.15) is 49.2 Å². The second-order valence-corrected chi connectivity index (χ2v) is 9.29. The molecule has 2 aliphatic rings. The number of nitrogens with one attached hydrogen (secondary N) is 1. The maximum atomic E-state index is 13.4. The van der Waals surface area contributed by atoms with Crippen molar-refractivity contribution in [2.45, 2.75) is 51.8 Å². The van der Waals surface area contributed by atoms with Crippen LogP contribution < -0.4 is 10.2 Å². The fraction of sp³-hybridized carbons (Fsp3) is 0.333. The number of hydrogen-bond acceptors (Lipinski definition) is 4. The average Bonchev–Trinajstić information content (AvgIpc) is 3.16. The van der Waals surface area contributed by atoms with Crippen LogP contribution >= 0.6 is 23.2 Å². The van der Waals surface area contributed by atoms with Crippen molar-refractivity contribution in [3.63, 3.8) is 0 Å². The Bertz CT molecular complexity index is 1180. The Hall–Kier alpha value is -2.54. The molecule has 1 aromatic heterocycles. The van der Waals surface area contributed by atoms with Crippen LogP contribution in [0.2, 0.25) is 10.0 Å². The minimum Gasteiger partial charge on any atom is -0.488 e. The van der Waals surface area contributed by atoms with E-state index in [4.69, 9.17) is 33.0 Å². The van der Waals surface area contributed by atoms with Gasteiger partial charge in [0.1, 0.15) is 12.4 Å². The molecule has 1 saturated heterocycles. The summed E-state index contributed by atoms with van der Waals surface area (Å²) in [5.41, 5.74) is 6.51. The van der Waals surface area contributed by atoms with Gasteiger partial charge in [0, 0.05) is 28.2 Å². The van der Waals surface area contributed by atoms with Gasteiger partial charge in [-0.3, -0.25) is 10.2 Å². The maximum Gasteiger partial charge on any atom is 0.286 e. The number of amides is 1. The number of fused-ring (bicyclic) bond motifs is 3. The molecule has 1 amide bonds. The summed E-state index contributed by atoms with van der Waals surface area (Å²) in [7, 11) is 0. The largest absolute Gasteiger partial charge is 0.488 e. The zero-order valence-corrected chi connectivity index (χ0v) is 19.5. The summed E-state index contributed by atoms with van der Waals surface area (Å²) < 4.78 is 7.70. The van der Waals surface area contributed by atoms with E-state index in [1.165, 1.54) is 6.42 Å². The van der Waals surface area contributed by atoms with Gasteiger partial charge in [-0.15, -0.1) is 0 Å². The molecule has 1 N–H and O–H groups in total. The molecule has 32 heavy (non-hydrogen) atoms. The Morgan fingerprint density at radius 1 is 1.12 bits per heavy atom. The molecular formula is C24H24Cl2N4O2. The zero-order valence-electron chi connectivity index (χ0n) is 17.9. The van der Waals surface area contributed by atoms with Crippen molar-refractivity contribution >= 4 is 29.1 Å². The standard InChI is InChI=1S/C24H24Cl2N4O2/c1-14-6-5-7-15(2)29(14)28-24(31)22-18-13-32-21-9-4-3-8-17(21)23(18)30(27-22)20-11-10-16(25)12-19(20)26/h3-4,8-12,14-15H,5-7,13H2,1-2H3,(H,28,31). The highest BCUT2D eigenvalue weighted by atomic mass is 35.5. The van der Waals surface area contributed by atoms with Gasteiger partial charge in [0.05, 0.1) is 16.4 Å². The van der Waals surface area contributed by atoms with Crippen molar-refractivity contribution in [2.24, 2.45) is 0 Å².